The van der Waals surface area contributed by atoms with Gasteiger partial charge in [-0.1, -0.05) is 37.7 Å². The molecule has 0 fully saturated rings. The average Bonchev–Trinajstić information content (AvgIpc) is 2.92. The Balaban J connectivity index is 1.89. The highest BCUT2D eigenvalue weighted by Crippen LogP contribution is 2.19. The zero-order chi connectivity index (χ0) is 14.5. The monoisotopic (exact) mass is 292 g/mol. The third-order valence-corrected chi connectivity index (χ3v) is 3.94. The highest BCUT2D eigenvalue weighted by atomic mass is 32.2. The molecule has 1 N–H and O–H groups in total. The van der Waals surface area contributed by atoms with Crippen LogP contribution in [0.2, 0.25) is 0 Å². The van der Waals surface area contributed by atoms with Crippen LogP contribution in [0.5, 0.6) is 5.75 Å². The van der Waals surface area contributed by atoms with E-state index in [0.29, 0.717) is 16.8 Å². The molecular weight excluding hydrogens is 272 g/mol. The topological polar surface area (TPSA) is 50.7 Å². The predicted octanol–water partition coefficient (Wildman–Crippen LogP) is 2.80. The highest BCUT2D eigenvalue weighted by Gasteiger charge is 2.18. The summed E-state index contributed by atoms with van der Waals surface area (Å²) < 4.78 is 5.64. The van der Waals surface area contributed by atoms with Crippen LogP contribution in [-0.4, -0.2) is 29.5 Å². The van der Waals surface area contributed by atoms with Crippen molar-refractivity contribution in [3.8, 4) is 5.75 Å². The Kier molecular flexibility index (Phi) is 5.06. The standard InChI is InChI=1S/C15H20N2O2S/c1-10(2)12-4-6-13(7-5-12)19-11(3)14(18)17-15-16-8-9-20-15/h4-7,10-11H,8-9H2,1-3H3,(H,16,17,18). The molecule has 1 amide bonds. The van der Waals surface area contributed by atoms with Crippen molar-refractivity contribution in [1.29, 1.82) is 0 Å². The van der Waals surface area contributed by atoms with Crippen LogP contribution >= 0.6 is 11.8 Å². The molecule has 0 aromatic heterocycles. The molecule has 0 radical (unpaired) electrons. The van der Waals surface area contributed by atoms with Crippen LogP contribution in [-0.2, 0) is 4.79 Å². The summed E-state index contributed by atoms with van der Waals surface area (Å²) in [6.45, 7) is 6.80. The summed E-state index contributed by atoms with van der Waals surface area (Å²) in [5, 5.41) is 3.47. The molecule has 108 valence electrons. The number of amidine groups is 1. The molecule has 1 heterocycles. The lowest BCUT2D eigenvalue weighted by atomic mass is 10.0. The van der Waals surface area contributed by atoms with Gasteiger partial charge in [0, 0.05) is 5.75 Å². The second kappa shape index (κ2) is 6.79. The van der Waals surface area contributed by atoms with Gasteiger partial charge in [0.05, 0.1) is 6.54 Å². The molecule has 1 aliphatic rings. The number of aliphatic imine (C=N–C) groups is 1. The molecule has 4 nitrogen and oxygen atoms in total. The number of rotatable bonds is 4. The highest BCUT2D eigenvalue weighted by molar-refractivity contribution is 8.14. The van der Waals surface area contributed by atoms with Crippen molar-refractivity contribution in [3.63, 3.8) is 0 Å². The maximum Gasteiger partial charge on any atom is 0.266 e. The smallest absolute Gasteiger partial charge is 0.266 e. The Bertz CT molecular complexity index is 497. The van der Waals surface area contributed by atoms with Crippen LogP contribution < -0.4 is 10.1 Å². The molecule has 0 bridgehead atoms. The number of thioether (sulfide) groups is 1. The van der Waals surface area contributed by atoms with Crippen LogP contribution in [0.25, 0.3) is 0 Å². The van der Waals surface area contributed by atoms with Gasteiger partial charge in [-0.05, 0) is 30.5 Å². The van der Waals surface area contributed by atoms with Gasteiger partial charge in [0.25, 0.3) is 5.91 Å². The summed E-state index contributed by atoms with van der Waals surface area (Å²) >= 11 is 1.56. The number of hydrogen-bond acceptors (Lipinski definition) is 4. The molecule has 1 unspecified atom stereocenters. The zero-order valence-electron chi connectivity index (χ0n) is 12.1. The van der Waals surface area contributed by atoms with E-state index in [2.05, 4.69) is 24.2 Å². The largest absolute Gasteiger partial charge is 0.481 e. The molecule has 1 aromatic rings. The van der Waals surface area contributed by atoms with Crippen LogP contribution in [0.4, 0.5) is 0 Å². The van der Waals surface area contributed by atoms with E-state index in [4.69, 9.17) is 4.74 Å². The molecule has 0 saturated carbocycles. The van der Waals surface area contributed by atoms with E-state index >= 15 is 0 Å². The molecule has 1 aromatic carbocycles. The van der Waals surface area contributed by atoms with Gasteiger partial charge in [0.1, 0.15) is 5.75 Å². The van der Waals surface area contributed by atoms with Crippen molar-refractivity contribution < 1.29 is 9.53 Å². The molecule has 1 aliphatic heterocycles. The van der Waals surface area contributed by atoms with Gasteiger partial charge in [0.15, 0.2) is 11.3 Å². The molecule has 20 heavy (non-hydrogen) atoms. The number of carbonyl (C=O) groups is 1. The van der Waals surface area contributed by atoms with Gasteiger partial charge in [-0.3, -0.25) is 9.79 Å². The molecular formula is C15H20N2O2S. The predicted molar refractivity (Wildman–Crippen MR) is 83.5 cm³/mol. The van der Waals surface area contributed by atoms with E-state index in [1.54, 1.807) is 18.7 Å². The van der Waals surface area contributed by atoms with Gasteiger partial charge in [-0.2, -0.15) is 0 Å². The molecule has 5 heteroatoms. The van der Waals surface area contributed by atoms with Gasteiger partial charge in [-0.15, -0.1) is 0 Å². The Morgan fingerprint density at radius 3 is 2.55 bits per heavy atom. The zero-order valence-corrected chi connectivity index (χ0v) is 12.9. The first-order chi connectivity index (χ1) is 9.56. The minimum atomic E-state index is -0.538. The van der Waals surface area contributed by atoms with Crippen molar-refractivity contribution in [2.75, 3.05) is 12.3 Å². The summed E-state index contributed by atoms with van der Waals surface area (Å²) in [5.41, 5.74) is 1.26. The van der Waals surface area contributed by atoms with Crippen molar-refractivity contribution in [3.05, 3.63) is 29.8 Å². The van der Waals surface area contributed by atoms with Crippen LogP contribution in [0.3, 0.4) is 0 Å². The van der Waals surface area contributed by atoms with Crippen LogP contribution in [0, 0.1) is 0 Å². The summed E-state index contributed by atoms with van der Waals surface area (Å²) in [6, 6.07) is 7.87. The Morgan fingerprint density at radius 2 is 2.00 bits per heavy atom. The lowest BCUT2D eigenvalue weighted by Gasteiger charge is -2.15. The lowest BCUT2D eigenvalue weighted by Crippen LogP contribution is -2.38. The maximum atomic E-state index is 11.9. The van der Waals surface area contributed by atoms with Gasteiger partial charge >= 0.3 is 0 Å². The Morgan fingerprint density at radius 1 is 1.30 bits per heavy atom. The summed E-state index contributed by atoms with van der Waals surface area (Å²) in [4.78, 5) is 16.1. The number of hydrogen-bond donors (Lipinski definition) is 1. The fourth-order valence-corrected chi connectivity index (χ4v) is 2.54. The number of carbonyl (C=O) groups excluding carboxylic acids is 1. The number of ether oxygens (including phenoxy) is 1. The molecule has 0 spiro atoms. The quantitative estimate of drug-likeness (QED) is 0.928. The van der Waals surface area contributed by atoms with Gasteiger partial charge in [0.2, 0.25) is 0 Å². The maximum absolute atomic E-state index is 11.9. The SMILES string of the molecule is CC(Oc1ccc(C(C)C)cc1)C(=O)NC1=NCCS1. The van der Waals surface area contributed by atoms with E-state index in [-0.39, 0.29) is 5.91 Å². The lowest BCUT2D eigenvalue weighted by molar-refractivity contribution is -0.125. The second-order valence-corrected chi connectivity index (χ2v) is 6.09. The normalized spacial score (nSPS) is 15.9. The van der Waals surface area contributed by atoms with Gasteiger partial charge in [-0.25, -0.2) is 0 Å². The minimum Gasteiger partial charge on any atom is -0.481 e. The summed E-state index contributed by atoms with van der Waals surface area (Å²) in [6.07, 6.45) is -0.538. The van der Waals surface area contributed by atoms with Crippen molar-refractivity contribution in [2.24, 2.45) is 4.99 Å². The number of amides is 1. The second-order valence-electron chi connectivity index (χ2n) is 5.01. The van der Waals surface area contributed by atoms with Crippen LogP contribution in [0.15, 0.2) is 29.3 Å². The van der Waals surface area contributed by atoms with Crippen molar-refractivity contribution in [1.82, 2.24) is 5.32 Å². The van der Waals surface area contributed by atoms with E-state index < -0.39 is 6.10 Å². The van der Waals surface area contributed by atoms with Gasteiger partial charge < -0.3 is 10.1 Å². The first-order valence-corrected chi connectivity index (χ1v) is 7.79. The van der Waals surface area contributed by atoms with Crippen LogP contribution in [0.1, 0.15) is 32.3 Å². The molecule has 0 aliphatic carbocycles. The molecule has 0 saturated heterocycles. The fraction of sp³-hybridized carbons (Fsp3) is 0.467. The molecule has 2 rings (SSSR count). The number of nitrogens with zero attached hydrogens (tertiary/aromatic N) is 1. The molecule has 1 atom stereocenters. The van der Waals surface area contributed by atoms with E-state index in [1.807, 2.05) is 24.3 Å². The summed E-state index contributed by atoms with van der Waals surface area (Å²) in [7, 11) is 0. The average molecular weight is 292 g/mol. The first-order valence-electron chi connectivity index (χ1n) is 6.81. The van der Waals surface area contributed by atoms with E-state index in [9.17, 15) is 4.79 Å². The summed E-state index contributed by atoms with van der Waals surface area (Å²) in [5.74, 6) is 1.97. The first kappa shape index (κ1) is 14.9. The van der Waals surface area contributed by atoms with E-state index in [0.717, 1.165) is 12.3 Å². The third-order valence-electron chi connectivity index (χ3n) is 3.04. The van der Waals surface area contributed by atoms with Crippen molar-refractivity contribution >= 4 is 22.8 Å². The van der Waals surface area contributed by atoms with E-state index in [1.165, 1.54) is 5.56 Å². The fourth-order valence-electron chi connectivity index (χ4n) is 1.81. The van der Waals surface area contributed by atoms with Crippen molar-refractivity contribution in [2.45, 2.75) is 32.8 Å². The Labute approximate surface area is 124 Å². The number of nitrogens with one attached hydrogen (secondary N) is 1. The number of benzene rings is 1. The Hall–Kier alpha value is -1.49. The minimum absolute atomic E-state index is 0.161. The third kappa shape index (κ3) is 4.00.